The number of carbonyl (C=O) groups excluding carboxylic acids is 3. The number of hydrogen-bond acceptors (Lipinski definition) is 8. The molecular formula is C39H52F3N5O5S. The number of halogens is 3. The number of thiazole rings is 1. The first kappa shape index (κ1) is 43.5. The van der Waals surface area contributed by atoms with Crippen LogP contribution in [-0.2, 0) is 27.2 Å². The number of aliphatic hydroxyl groups is 2. The van der Waals surface area contributed by atoms with Crippen LogP contribution in [0.2, 0.25) is 0 Å². The molecule has 10 nitrogen and oxygen atoms in total. The predicted molar refractivity (Wildman–Crippen MR) is 198 cm³/mol. The lowest BCUT2D eigenvalue weighted by molar-refractivity contribution is -0.144. The number of nitrogens with zero attached hydrogens (tertiary/aromatic N) is 3. The molecule has 290 valence electrons. The highest BCUT2D eigenvalue weighted by atomic mass is 32.1. The minimum absolute atomic E-state index is 0.000828. The summed E-state index contributed by atoms with van der Waals surface area (Å²) < 4.78 is 38.5. The van der Waals surface area contributed by atoms with E-state index in [4.69, 9.17) is 12.8 Å². The van der Waals surface area contributed by atoms with Gasteiger partial charge in [-0.3, -0.25) is 19.3 Å². The third kappa shape index (κ3) is 15.1. The maximum absolute atomic E-state index is 14.3. The zero-order valence-corrected chi connectivity index (χ0v) is 31.2. The molecule has 1 saturated carbocycles. The summed E-state index contributed by atoms with van der Waals surface area (Å²) in [5.74, 6) is 1.56. The number of alkyl halides is 3. The summed E-state index contributed by atoms with van der Waals surface area (Å²) in [7, 11) is 2.77. The van der Waals surface area contributed by atoms with E-state index < -0.39 is 66.6 Å². The lowest BCUT2D eigenvalue weighted by atomic mass is 9.82. The first-order chi connectivity index (χ1) is 25.2. The number of rotatable bonds is 20. The summed E-state index contributed by atoms with van der Waals surface area (Å²) >= 11 is 1.35. The molecule has 14 heteroatoms. The van der Waals surface area contributed by atoms with Crippen LogP contribution in [0, 0.1) is 42.4 Å². The maximum Gasteiger partial charge on any atom is 0.401 e. The first-order valence-corrected chi connectivity index (χ1v) is 18.9. The standard InChI is InChI=1S/C39H52F3N5O5S/c1-5-13-33(48)36(50)32(21-28-16-11-8-12-17-28)44-38(52)35(29(6-2)22-31-24-53-26-43-31)45-37(51)30(20-27-14-9-7-10-15-27)23-34(49)47(4)19-18-46(3)25-39(40,41)42/h1-2,7,9-10,14-15,24,26,28-30,32-33,35-36,48,50H,8,11-13,16-23,25H2,3-4H3,(H,44,52)(H,45,51)/t29?,30?,32?,33?,35-,36+/m0/s1. The number of likely N-dealkylation sites (N-methyl/N-ethyl adjacent to an activating group) is 2. The second kappa shape index (κ2) is 21.7. The minimum atomic E-state index is -4.38. The molecular weight excluding hydrogens is 708 g/mol. The third-order valence-electron chi connectivity index (χ3n) is 9.69. The van der Waals surface area contributed by atoms with E-state index in [1.165, 1.54) is 30.3 Å². The van der Waals surface area contributed by atoms with Gasteiger partial charge in [-0.1, -0.05) is 62.4 Å². The number of carbonyl (C=O) groups is 3. The summed E-state index contributed by atoms with van der Waals surface area (Å²) in [5, 5.41) is 29.4. The Kier molecular flexibility index (Phi) is 17.8. The Morgan fingerprint density at radius 2 is 1.72 bits per heavy atom. The van der Waals surface area contributed by atoms with E-state index in [1.807, 2.05) is 6.07 Å². The molecule has 3 rings (SSSR count). The molecule has 0 spiro atoms. The second-order valence-electron chi connectivity index (χ2n) is 14.0. The van der Waals surface area contributed by atoms with E-state index in [0.29, 0.717) is 12.1 Å². The molecule has 0 aliphatic heterocycles. The van der Waals surface area contributed by atoms with Crippen LogP contribution in [0.25, 0.3) is 0 Å². The minimum Gasteiger partial charge on any atom is -0.389 e. The van der Waals surface area contributed by atoms with Gasteiger partial charge in [0.2, 0.25) is 17.7 Å². The molecule has 4 unspecified atom stereocenters. The number of nitrogens with one attached hydrogen (secondary N) is 2. The smallest absolute Gasteiger partial charge is 0.389 e. The van der Waals surface area contributed by atoms with Crippen LogP contribution >= 0.6 is 11.3 Å². The van der Waals surface area contributed by atoms with Crippen LogP contribution in [-0.4, -0.2) is 107 Å². The summed E-state index contributed by atoms with van der Waals surface area (Å²) in [6.07, 6.45) is 9.52. The SMILES string of the molecule is C#CCC(O)[C@H](O)C(CC1CCCCC1)NC(=O)[C@@H](NC(=O)C(CC(=O)N(C)CCN(C)CC(F)(F)F)Cc1ccccc1)C(C#C)Cc1cscn1. The van der Waals surface area contributed by atoms with Crippen molar-refractivity contribution in [2.24, 2.45) is 17.8 Å². The maximum atomic E-state index is 14.3. The second-order valence-corrected chi connectivity index (χ2v) is 14.7. The van der Waals surface area contributed by atoms with Crippen molar-refractivity contribution >= 4 is 29.1 Å². The molecule has 6 atom stereocenters. The van der Waals surface area contributed by atoms with Gasteiger partial charge in [0.15, 0.2) is 0 Å². The Balaban J connectivity index is 1.89. The fourth-order valence-electron chi connectivity index (χ4n) is 6.66. The van der Waals surface area contributed by atoms with Gasteiger partial charge >= 0.3 is 6.18 Å². The molecule has 0 bridgehead atoms. The molecule has 3 amide bonds. The number of hydrogen-bond donors (Lipinski definition) is 4. The van der Waals surface area contributed by atoms with Gasteiger partial charge in [-0.05, 0) is 31.4 Å². The third-order valence-corrected chi connectivity index (χ3v) is 10.3. The fraction of sp³-hybridized carbons (Fsp3) is 0.590. The van der Waals surface area contributed by atoms with Crippen LogP contribution in [0.15, 0.2) is 41.2 Å². The zero-order chi connectivity index (χ0) is 39.0. The average Bonchev–Trinajstić information content (AvgIpc) is 3.64. The van der Waals surface area contributed by atoms with E-state index in [2.05, 4.69) is 27.5 Å². The van der Waals surface area contributed by atoms with Crippen molar-refractivity contribution in [2.75, 3.05) is 33.7 Å². The number of amides is 3. The highest BCUT2D eigenvalue weighted by molar-refractivity contribution is 7.07. The topological polar surface area (TPSA) is 135 Å². The van der Waals surface area contributed by atoms with Crippen molar-refractivity contribution < 1.29 is 37.8 Å². The Hall–Kier alpha value is -3.95. The van der Waals surface area contributed by atoms with E-state index in [-0.39, 0.29) is 44.7 Å². The van der Waals surface area contributed by atoms with E-state index in [1.54, 1.807) is 35.2 Å². The fourth-order valence-corrected chi connectivity index (χ4v) is 7.23. The number of terminal acetylenes is 2. The molecule has 2 aromatic rings. The summed E-state index contributed by atoms with van der Waals surface area (Å²) in [5.41, 5.74) is 2.99. The quantitative estimate of drug-likeness (QED) is 0.151. The van der Waals surface area contributed by atoms with E-state index in [0.717, 1.165) is 42.6 Å². The molecule has 53 heavy (non-hydrogen) atoms. The highest BCUT2D eigenvalue weighted by Crippen LogP contribution is 2.29. The number of benzene rings is 1. The molecule has 0 saturated heterocycles. The predicted octanol–water partition coefficient (Wildman–Crippen LogP) is 3.82. The zero-order valence-electron chi connectivity index (χ0n) is 30.4. The highest BCUT2D eigenvalue weighted by Gasteiger charge is 2.37. The van der Waals surface area contributed by atoms with Gasteiger partial charge in [-0.25, -0.2) is 4.98 Å². The average molecular weight is 760 g/mol. The van der Waals surface area contributed by atoms with Crippen LogP contribution in [0.3, 0.4) is 0 Å². The Morgan fingerprint density at radius 1 is 1.02 bits per heavy atom. The van der Waals surface area contributed by atoms with E-state index >= 15 is 0 Å². The molecule has 4 N–H and O–H groups in total. The van der Waals surface area contributed by atoms with Gasteiger partial charge in [-0.15, -0.1) is 36.0 Å². The normalized spacial score (nSPS) is 17.0. The van der Waals surface area contributed by atoms with Crippen LogP contribution in [0.5, 0.6) is 0 Å². The molecule has 0 radical (unpaired) electrons. The van der Waals surface area contributed by atoms with Gasteiger partial charge in [0.1, 0.15) is 12.1 Å². The molecule has 1 aliphatic rings. The summed E-state index contributed by atoms with van der Waals surface area (Å²) in [6, 6.07) is 6.79. The van der Waals surface area contributed by atoms with E-state index in [9.17, 15) is 37.8 Å². The molecule has 1 fully saturated rings. The van der Waals surface area contributed by atoms with Gasteiger partial charge in [-0.2, -0.15) is 13.2 Å². The van der Waals surface area contributed by atoms with Crippen molar-refractivity contribution in [2.45, 2.75) is 94.7 Å². The lowest BCUT2D eigenvalue weighted by Gasteiger charge is -2.34. The Morgan fingerprint density at radius 3 is 2.32 bits per heavy atom. The van der Waals surface area contributed by atoms with Crippen molar-refractivity contribution in [3.8, 4) is 24.7 Å². The van der Waals surface area contributed by atoms with Crippen molar-refractivity contribution in [1.29, 1.82) is 0 Å². The van der Waals surface area contributed by atoms with Crippen molar-refractivity contribution in [3.05, 3.63) is 52.5 Å². The largest absolute Gasteiger partial charge is 0.401 e. The number of aliphatic hydroxyl groups excluding tert-OH is 2. The number of aromatic nitrogens is 1. The monoisotopic (exact) mass is 759 g/mol. The van der Waals surface area contributed by atoms with Crippen LogP contribution in [0.1, 0.15) is 62.6 Å². The molecule has 1 aromatic heterocycles. The van der Waals surface area contributed by atoms with Gasteiger partial charge in [0.05, 0.1) is 41.7 Å². The lowest BCUT2D eigenvalue weighted by Crippen LogP contribution is -2.58. The van der Waals surface area contributed by atoms with Crippen LogP contribution < -0.4 is 10.6 Å². The van der Waals surface area contributed by atoms with Crippen molar-refractivity contribution in [3.63, 3.8) is 0 Å². The first-order valence-electron chi connectivity index (χ1n) is 18.0. The molecule has 1 heterocycles. The Labute approximate surface area is 314 Å². The van der Waals surface area contributed by atoms with Gasteiger partial charge in [0.25, 0.3) is 0 Å². The van der Waals surface area contributed by atoms with Gasteiger partial charge < -0.3 is 25.7 Å². The van der Waals surface area contributed by atoms with Gasteiger partial charge in [0, 0.05) is 44.8 Å². The molecule has 1 aliphatic carbocycles. The summed E-state index contributed by atoms with van der Waals surface area (Å²) in [4.78, 5) is 48.5. The summed E-state index contributed by atoms with van der Waals surface area (Å²) in [6.45, 7) is -1.17. The van der Waals surface area contributed by atoms with Crippen LogP contribution in [0.4, 0.5) is 13.2 Å². The Bertz CT molecular complexity index is 1510. The molecule has 1 aromatic carbocycles. The van der Waals surface area contributed by atoms with Crippen molar-refractivity contribution in [1.82, 2.24) is 25.4 Å².